The van der Waals surface area contributed by atoms with E-state index >= 15 is 0 Å². The first-order chi connectivity index (χ1) is 10.1. The van der Waals surface area contributed by atoms with E-state index in [1.807, 2.05) is 25.1 Å². The lowest BCUT2D eigenvalue weighted by atomic mass is 10.0. The van der Waals surface area contributed by atoms with E-state index < -0.39 is 12.0 Å². The summed E-state index contributed by atoms with van der Waals surface area (Å²) in [5.41, 5.74) is 7.87. The lowest BCUT2D eigenvalue weighted by molar-refractivity contribution is -0.142. The largest absolute Gasteiger partial charge is 0.494 e. The van der Waals surface area contributed by atoms with Gasteiger partial charge in [-0.15, -0.1) is 0 Å². The van der Waals surface area contributed by atoms with Crippen LogP contribution in [-0.2, 0) is 16.0 Å². The Hall–Kier alpha value is -1.75. The van der Waals surface area contributed by atoms with Crippen LogP contribution in [0.2, 0.25) is 0 Å². The van der Waals surface area contributed by atoms with Crippen molar-refractivity contribution in [3.63, 3.8) is 0 Å². The summed E-state index contributed by atoms with van der Waals surface area (Å²) in [5, 5.41) is 0. The number of esters is 1. The molecule has 0 saturated carbocycles. The molecule has 2 N–H and O–H groups in total. The van der Waals surface area contributed by atoms with Gasteiger partial charge in [0.2, 0.25) is 0 Å². The maximum absolute atomic E-state index is 11.5. The Morgan fingerprint density at radius 2 is 1.95 bits per heavy atom. The SMILES string of the molecule is CCOc1cc(N(CC)CC)ccc1CC(N)C(=O)OC. The first-order valence-electron chi connectivity index (χ1n) is 7.41. The summed E-state index contributed by atoms with van der Waals surface area (Å²) in [7, 11) is 1.34. The number of methoxy groups -OCH3 is 1. The zero-order valence-electron chi connectivity index (χ0n) is 13.4. The highest BCUT2D eigenvalue weighted by Crippen LogP contribution is 2.27. The van der Waals surface area contributed by atoms with E-state index in [-0.39, 0.29) is 0 Å². The number of nitrogens with zero attached hydrogens (tertiary/aromatic N) is 1. The van der Waals surface area contributed by atoms with Gasteiger partial charge in [0.05, 0.1) is 13.7 Å². The van der Waals surface area contributed by atoms with Crippen LogP contribution in [0.5, 0.6) is 5.75 Å². The van der Waals surface area contributed by atoms with Crippen LogP contribution >= 0.6 is 0 Å². The monoisotopic (exact) mass is 294 g/mol. The van der Waals surface area contributed by atoms with Crippen LogP contribution in [0.3, 0.4) is 0 Å². The maximum Gasteiger partial charge on any atom is 0.322 e. The molecule has 0 aliphatic heterocycles. The minimum atomic E-state index is -0.673. The first kappa shape index (κ1) is 17.3. The Labute approximate surface area is 127 Å². The van der Waals surface area contributed by atoms with Crippen molar-refractivity contribution >= 4 is 11.7 Å². The summed E-state index contributed by atoms with van der Waals surface area (Å²) in [4.78, 5) is 13.7. The van der Waals surface area contributed by atoms with Gasteiger partial charge >= 0.3 is 5.97 Å². The molecule has 0 aliphatic rings. The van der Waals surface area contributed by atoms with E-state index in [2.05, 4.69) is 23.5 Å². The van der Waals surface area contributed by atoms with Gasteiger partial charge in [0, 0.05) is 31.3 Å². The van der Waals surface area contributed by atoms with Gasteiger partial charge in [-0.05, 0) is 32.4 Å². The summed E-state index contributed by atoms with van der Waals surface area (Å²) in [5.74, 6) is 0.367. The van der Waals surface area contributed by atoms with E-state index in [4.69, 9.17) is 10.5 Å². The van der Waals surface area contributed by atoms with Gasteiger partial charge in [-0.2, -0.15) is 0 Å². The number of nitrogens with two attached hydrogens (primary N) is 1. The first-order valence-corrected chi connectivity index (χ1v) is 7.41. The molecule has 1 aromatic rings. The average molecular weight is 294 g/mol. The molecule has 21 heavy (non-hydrogen) atoms. The molecule has 1 atom stereocenters. The van der Waals surface area contributed by atoms with E-state index in [1.165, 1.54) is 7.11 Å². The number of hydrogen-bond acceptors (Lipinski definition) is 5. The molecule has 0 amide bonds. The van der Waals surface area contributed by atoms with Gasteiger partial charge in [-0.1, -0.05) is 6.07 Å². The maximum atomic E-state index is 11.5. The van der Waals surface area contributed by atoms with Crippen molar-refractivity contribution in [2.45, 2.75) is 33.2 Å². The third kappa shape index (κ3) is 4.63. The summed E-state index contributed by atoms with van der Waals surface area (Å²) in [6.07, 6.45) is 0.403. The summed E-state index contributed by atoms with van der Waals surface area (Å²) < 4.78 is 10.4. The molecule has 0 spiro atoms. The van der Waals surface area contributed by atoms with Crippen molar-refractivity contribution in [3.05, 3.63) is 23.8 Å². The van der Waals surface area contributed by atoms with Crippen LogP contribution in [0.4, 0.5) is 5.69 Å². The van der Waals surface area contributed by atoms with Gasteiger partial charge in [-0.3, -0.25) is 4.79 Å². The fraction of sp³-hybridized carbons (Fsp3) is 0.562. The van der Waals surface area contributed by atoms with Crippen LogP contribution in [-0.4, -0.2) is 38.8 Å². The Morgan fingerprint density at radius 3 is 2.48 bits per heavy atom. The topological polar surface area (TPSA) is 64.8 Å². The van der Waals surface area contributed by atoms with Crippen molar-refractivity contribution in [2.75, 3.05) is 31.7 Å². The molecule has 1 rings (SSSR count). The van der Waals surface area contributed by atoms with Gasteiger partial charge in [0.1, 0.15) is 11.8 Å². The molecule has 1 unspecified atom stereocenters. The number of hydrogen-bond donors (Lipinski definition) is 1. The van der Waals surface area contributed by atoms with Gasteiger partial charge in [0.25, 0.3) is 0 Å². The molecule has 1 aromatic carbocycles. The fourth-order valence-corrected chi connectivity index (χ4v) is 2.26. The Bertz CT molecular complexity index is 459. The molecule has 5 heteroatoms. The molecule has 118 valence electrons. The molecular weight excluding hydrogens is 268 g/mol. The second-order valence-electron chi connectivity index (χ2n) is 4.73. The van der Waals surface area contributed by atoms with Crippen molar-refractivity contribution in [2.24, 2.45) is 5.73 Å². The second-order valence-corrected chi connectivity index (χ2v) is 4.73. The highest BCUT2D eigenvalue weighted by Gasteiger charge is 2.17. The Kier molecular flexibility index (Phi) is 7.02. The smallest absolute Gasteiger partial charge is 0.322 e. The number of rotatable bonds is 8. The normalized spacial score (nSPS) is 11.9. The van der Waals surface area contributed by atoms with E-state index in [0.29, 0.717) is 13.0 Å². The minimum absolute atomic E-state index is 0.403. The van der Waals surface area contributed by atoms with E-state index in [0.717, 1.165) is 30.1 Å². The van der Waals surface area contributed by atoms with Crippen molar-refractivity contribution in [1.82, 2.24) is 0 Å². The number of ether oxygens (including phenoxy) is 2. The highest BCUT2D eigenvalue weighted by atomic mass is 16.5. The van der Waals surface area contributed by atoms with Gasteiger partial charge < -0.3 is 20.1 Å². The predicted molar refractivity (Wildman–Crippen MR) is 84.9 cm³/mol. The molecule has 0 bridgehead atoms. The zero-order valence-corrected chi connectivity index (χ0v) is 13.4. The molecule has 5 nitrogen and oxygen atoms in total. The van der Waals surface area contributed by atoms with Crippen LogP contribution in [0.15, 0.2) is 18.2 Å². The standard InChI is InChI=1S/C16H26N2O3/c1-5-18(6-2)13-9-8-12(15(11-13)21-7-3)10-14(17)16(19)20-4/h8-9,11,14H,5-7,10,17H2,1-4H3. The molecular formula is C16H26N2O3. The molecule has 0 saturated heterocycles. The van der Waals surface area contributed by atoms with Crippen molar-refractivity contribution < 1.29 is 14.3 Å². The molecule has 0 radical (unpaired) electrons. The van der Waals surface area contributed by atoms with E-state index in [1.54, 1.807) is 0 Å². The van der Waals surface area contributed by atoms with Crippen LogP contribution < -0.4 is 15.4 Å². The van der Waals surface area contributed by atoms with Crippen LogP contribution in [0, 0.1) is 0 Å². The molecule has 0 aromatic heterocycles. The molecule has 0 aliphatic carbocycles. The summed E-state index contributed by atoms with van der Waals surface area (Å²) in [6, 6.07) is 5.35. The third-order valence-corrected chi connectivity index (χ3v) is 3.42. The van der Waals surface area contributed by atoms with Gasteiger partial charge in [-0.25, -0.2) is 0 Å². The number of carbonyl (C=O) groups excluding carboxylic acids is 1. The molecule has 0 fully saturated rings. The highest BCUT2D eigenvalue weighted by molar-refractivity contribution is 5.76. The average Bonchev–Trinajstić information content (AvgIpc) is 2.50. The van der Waals surface area contributed by atoms with Gasteiger partial charge in [0.15, 0.2) is 0 Å². The number of anilines is 1. The van der Waals surface area contributed by atoms with Crippen molar-refractivity contribution in [3.8, 4) is 5.75 Å². The lowest BCUT2D eigenvalue weighted by Crippen LogP contribution is -2.33. The predicted octanol–water partition coefficient (Wildman–Crippen LogP) is 1.97. The van der Waals surface area contributed by atoms with Crippen LogP contribution in [0.1, 0.15) is 26.3 Å². The summed E-state index contributed by atoms with van der Waals surface area (Å²) in [6.45, 7) is 8.61. The van der Waals surface area contributed by atoms with Crippen molar-refractivity contribution in [1.29, 1.82) is 0 Å². The quantitative estimate of drug-likeness (QED) is 0.743. The van der Waals surface area contributed by atoms with E-state index in [9.17, 15) is 4.79 Å². The second kappa shape index (κ2) is 8.52. The number of carbonyl (C=O) groups is 1. The zero-order chi connectivity index (χ0) is 15.8. The third-order valence-electron chi connectivity index (χ3n) is 3.42. The fourth-order valence-electron chi connectivity index (χ4n) is 2.26. The molecule has 0 heterocycles. The Balaban J connectivity index is 3.01. The minimum Gasteiger partial charge on any atom is -0.494 e. The Morgan fingerprint density at radius 1 is 1.29 bits per heavy atom. The van der Waals surface area contributed by atoms with Crippen LogP contribution in [0.25, 0.3) is 0 Å². The summed E-state index contributed by atoms with van der Waals surface area (Å²) >= 11 is 0. The number of benzene rings is 1. The lowest BCUT2D eigenvalue weighted by Gasteiger charge is -2.23.